The number of aryl methyl sites for hydroxylation is 1. The van der Waals surface area contributed by atoms with Crippen LogP contribution in [0.4, 0.5) is 0 Å². The molecule has 3 atom stereocenters. The summed E-state index contributed by atoms with van der Waals surface area (Å²) in [5, 5.41) is 3.50. The van der Waals surface area contributed by atoms with Crippen LogP contribution in [-0.4, -0.2) is 31.1 Å². The van der Waals surface area contributed by atoms with E-state index in [9.17, 15) is 0 Å². The fourth-order valence-corrected chi connectivity index (χ4v) is 4.03. The minimum Gasteiger partial charge on any atom is -0.316 e. The van der Waals surface area contributed by atoms with Crippen molar-refractivity contribution in [3.8, 4) is 0 Å². The molecule has 0 spiro atoms. The lowest BCUT2D eigenvalue weighted by atomic mass is 10.0. The molecule has 3 heterocycles. The van der Waals surface area contributed by atoms with Gasteiger partial charge in [-0.15, -0.1) is 11.3 Å². The molecule has 1 N–H and O–H groups in total. The van der Waals surface area contributed by atoms with Crippen LogP contribution in [0, 0.1) is 18.8 Å². The Labute approximate surface area is 102 Å². The van der Waals surface area contributed by atoms with E-state index in [4.69, 9.17) is 0 Å². The average Bonchev–Trinajstić information content (AvgIpc) is 2.89. The van der Waals surface area contributed by atoms with E-state index in [2.05, 4.69) is 36.2 Å². The zero-order valence-electron chi connectivity index (χ0n) is 10.1. The molecule has 3 unspecified atom stereocenters. The van der Waals surface area contributed by atoms with E-state index < -0.39 is 0 Å². The molecular weight excluding hydrogens is 216 g/mol. The van der Waals surface area contributed by atoms with Gasteiger partial charge in [-0.3, -0.25) is 4.90 Å². The first kappa shape index (κ1) is 10.8. The number of nitrogens with zero attached hydrogens (tertiary/aromatic N) is 1. The van der Waals surface area contributed by atoms with Crippen molar-refractivity contribution in [3.63, 3.8) is 0 Å². The zero-order chi connectivity index (χ0) is 11.1. The minimum absolute atomic E-state index is 0.615. The molecule has 3 rings (SSSR count). The highest BCUT2D eigenvalue weighted by Gasteiger charge is 2.38. The van der Waals surface area contributed by atoms with Crippen molar-refractivity contribution in [3.05, 3.63) is 21.9 Å². The van der Waals surface area contributed by atoms with E-state index in [0.29, 0.717) is 6.04 Å². The van der Waals surface area contributed by atoms with Gasteiger partial charge in [0, 0.05) is 28.9 Å². The van der Waals surface area contributed by atoms with Gasteiger partial charge >= 0.3 is 0 Å². The van der Waals surface area contributed by atoms with E-state index in [1.54, 1.807) is 0 Å². The highest BCUT2D eigenvalue weighted by molar-refractivity contribution is 7.12. The van der Waals surface area contributed by atoms with Crippen LogP contribution in [0.3, 0.4) is 0 Å². The second-order valence-corrected chi connectivity index (χ2v) is 6.58. The van der Waals surface area contributed by atoms with Crippen LogP contribution >= 0.6 is 11.3 Å². The highest BCUT2D eigenvalue weighted by atomic mass is 32.1. The summed E-state index contributed by atoms with van der Waals surface area (Å²) in [5.41, 5.74) is 0. The number of fused-ring (bicyclic) bond motifs is 1. The molecular formula is C13H20N2S. The van der Waals surface area contributed by atoms with Gasteiger partial charge < -0.3 is 5.32 Å². The Morgan fingerprint density at radius 2 is 2.00 bits per heavy atom. The predicted molar refractivity (Wildman–Crippen MR) is 68.9 cm³/mol. The number of nitrogens with one attached hydrogen (secondary N) is 1. The summed E-state index contributed by atoms with van der Waals surface area (Å²) >= 11 is 1.95. The molecule has 0 aromatic carbocycles. The molecule has 2 aliphatic rings. The fourth-order valence-electron chi connectivity index (χ4n) is 3.07. The molecule has 0 bridgehead atoms. The summed E-state index contributed by atoms with van der Waals surface area (Å²) in [7, 11) is 0. The second kappa shape index (κ2) is 4.13. The van der Waals surface area contributed by atoms with Gasteiger partial charge in [-0.25, -0.2) is 0 Å². The molecule has 88 valence electrons. The van der Waals surface area contributed by atoms with E-state index in [1.807, 2.05) is 11.3 Å². The van der Waals surface area contributed by atoms with Crippen LogP contribution in [0.5, 0.6) is 0 Å². The number of rotatable bonds is 2. The zero-order valence-corrected chi connectivity index (χ0v) is 10.9. The summed E-state index contributed by atoms with van der Waals surface area (Å²) in [6.45, 7) is 9.60. The predicted octanol–water partition coefficient (Wildman–Crippen LogP) is 2.27. The lowest BCUT2D eigenvalue weighted by Gasteiger charge is -2.24. The first-order valence-corrected chi connectivity index (χ1v) is 7.07. The van der Waals surface area contributed by atoms with Crippen molar-refractivity contribution < 1.29 is 0 Å². The molecule has 2 saturated heterocycles. The Kier molecular flexibility index (Phi) is 2.78. The van der Waals surface area contributed by atoms with Crippen molar-refractivity contribution in [1.82, 2.24) is 10.2 Å². The lowest BCUT2D eigenvalue weighted by Crippen LogP contribution is -2.28. The minimum atomic E-state index is 0.615. The van der Waals surface area contributed by atoms with Gasteiger partial charge in [0.1, 0.15) is 0 Å². The third-order valence-corrected chi connectivity index (χ3v) is 5.31. The third kappa shape index (κ3) is 1.81. The summed E-state index contributed by atoms with van der Waals surface area (Å²) in [6.07, 6.45) is 0. The molecule has 0 radical (unpaired) electrons. The molecule has 2 fully saturated rings. The topological polar surface area (TPSA) is 15.3 Å². The largest absolute Gasteiger partial charge is 0.316 e. The Morgan fingerprint density at radius 3 is 2.56 bits per heavy atom. The van der Waals surface area contributed by atoms with Crippen LogP contribution in [0.15, 0.2) is 12.1 Å². The number of thiophene rings is 1. The molecule has 2 nitrogen and oxygen atoms in total. The smallest absolute Gasteiger partial charge is 0.0413 e. The average molecular weight is 236 g/mol. The summed E-state index contributed by atoms with van der Waals surface area (Å²) in [5.74, 6) is 1.81. The maximum Gasteiger partial charge on any atom is 0.0413 e. The van der Waals surface area contributed by atoms with E-state index in [0.717, 1.165) is 11.8 Å². The Balaban J connectivity index is 1.70. The van der Waals surface area contributed by atoms with Crippen molar-refractivity contribution in [2.24, 2.45) is 11.8 Å². The van der Waals surface area contributed by atoms with Crippen LogP contribution < -0.4 is 5.32 Å². The first-order chi connectivity index (χ1) is 7.74. The molecule has 1 aromatic rings. The molecule has 3 heteroatoms. The SMILES string of the molecule is Cc1ccc(C(C)N2CC3CNCC3C2)s1. The quantitative estimate of drug-likeness (QED) is 0.847. The van der Waals surface area contributed by atoms with Crippen LogP contribution in [0.25, 0.3) is 0 Å². The number of likely N-dealkylation sites (tertiary alicyclic amines) is 1. The van der Waals surface area contributed by atoms with E-state index in [1.165, 1.54) is 35.9 Å². The standard InChI is InChI=1S/C13H20N2S/c1-9-3-4-13(16-9)10(2)15-7-11-5-14-6-12(11)8-15/h3-4,10-12,14H,5-8H2,1-2H3. The molecule has 0 aliphatic carbocycles. The summed E-state index contributed by atoms with van der Waals surface area (Å²) < 4.78 is 0. The van der Waals surface area contributed by atoms with Gasteiger partial charge in [0.25, 0.3) is 0 Å². The van der Waals surface area contributed by atoms with Gasteiger partial charge in [0.15, 0.2) is 0 Å². The Morgan fingerprint density at radius 1 is 1.31 bits per heavy atom. The molecule has 2 aliphatic heterocycles. The molecule has 1 aromatic heterocycles. The monoisotopic (exact) mass is 236 g/mol. The van der Waals surface area contributed by atoms with Gasteiger partial charge in [-0.05, 0) is 50.9 Å². The van der Waals surface area contributed by atoms with Crippen LogP contribution in [-0.2, 0) is 0 Å². The Bertz CT molecular complexity index is 362. The Hall–Kier alpha value is -0.380. The van der Waals surface area contributed by atoms with Crippen LogP contribution in [0.2, 0.25) is 0 Å². The van der Waals surface area contributed by atoms with Gasteiger partial charge in [-0.1, -0.05) is 0 Å². The first-order valence-electron chi connectivity index (χ1n) is 6.25. The van der Waals surface area contributed by atoms with Crippen molar-refractivity contribution >= 4 is 11.3 Å². The normalized spacial score (nSPS) is 31.9. The fraction of sp³-hybridized carbons (Fsp3) is 0.692. The summed E-state index contributed by atoms with van der Waals surface area (Å²) in [4.78, 5) is 5.63. The van der Waals surface area contributed by atoms with Crippen molar-refractivity contribution in [2.75, 3.05) is 26.2 Å². The summed E-state index contributed by atoms with van der Waals surface area (Å²) in [6, 6.07) is 5.16. The molecule has 16 heavy (non-hydrogen) atoms. The van der Waals surface area contributed by atoms with Crippen molar-refractivity contribution in [2.45, 2.75) is 19.9 Å². The van der Waals surface area contributed by atoms with Crippen molar-refractivity contribution in [1.29, 1.82) is 0 Å². The highest BCUT2D eigenvalue weighted by Crippen LogP contribution is 2.34. The van der Waals surface area contributed by atoms with Gasteiger partial charge in [0.2, 0.25) is 0 Å². The second-order valence-electron chi connectivity index (χ2n) is 5.26. The molecule has 0 saturated carbocycles. The lowest BCUT2D eigenvalue weighted by molar-refractivity contribution is 0.247. The van der Waals surface area contributed by atoms with Crippen LogP contribution in [0.1, 0.15) is 22.7 Å². The molecule has 0 amide bonds. The third-order valence-electron chi connectivity index (χ3n) is 4.14. The maximum atomic E-state index is 3.50. The van der Waals surface area contributed by atoms with E-state index in [-0.39, 0.29) is 0 Å². The van der Waals surface area contributed by atoms with Gasteiger partial charge in [0.05, 0.1) is 0 Å². The maximum absolute atomic E-state index is 3.50. The van der Waals surface area contributed by atoms with E-state index >= 15 is 0 Å². The van der Waals surface area contributed by atoms with Gasteiger partial charge in [-0.2, -0.15) is 0 Å². The number of hydrogen-bond donors (Lipinski definition) is 1. The number of hydrogen-bond acceptors (Lipinski definition) is 3.